The molecule has 4 N–H and O–H groups in total. The third-order valence-corrected chi connectivity index (χ3v) is 1.56. The molecule has 0 spiro atoms. The van der Waals surface area contributed by atoms with Gasteiger partial charge in [0.2, 0.25) is 0 Å². The van der Waals surface area contributed by atoms with Gasteiger partial charge in [-0.2, -0.15) is 5.10 Å². The zero-order valence-electron chi connectivity index (χ0n) is 7.69. The van der Waals surface area contributed by atoms with E-state index in [1.165, 1.54) is 0 Å². The number of nitrogens with zero attached hydrogens (tertiary/aromatic N) is 2. The number of nitrogens with two attached hydrogens (primary N) is 1. The van der Waals surface area contributed by atoms with E-state index in [-0.39, 0.29) is 5.11 Å². The van der Waals surface area contributed by atoms with Crippen molar-refractivity contribution in [2.24, 2.45) is 10.8 Å². The maximum absolute atomic E-state index is 5.20. The predicted molar refractivity (Wildman–Crippen MR) is 61.3 cm³/mol. The summed E-state index contributed by atoms with van der Waals surface area (Å²) in [6, 6.07) is 3.74. The average Bonchev–Trinajstić information content (AvgIpc) is 2.18. The first-order chi connectivity index (χ1) is 6.74. The number of thiocarbonyl (C=S) groups is 1. The number of anilines is 1. The Labute approximate surface area is 87.4 Å². The number of aromatic nitrogens is 1. The van der Waals surface area contributed by atoms with Crippen molar-refractivity contribution in [3.05, 3.63) is 24.0 Å². The molecule has 14 heavy (non-hydrogen) atoms. The molecule has 0 radical (unpaired) electrons. The van der Waals surface area contributed by atoms with Crippen molar-refractivity contribution in [2.45, 2.75) is 0 Å². The molecular formula is C8H11N5S. The maximum atomic E-state index is 5.20. The molecule has 0 amide bonds. The fourth-order valence-electron chi connectivity index (χ4n) is 0.889. The smallest absolute Gasteiger partial charge is 0.184 e. The van der Waals surface area contributed by atoms with E-state index in [0.717, 1.165) is 11.4 Å². The van der Waals surface area contributed by atoms with Gasteiger partial charge in [0.05, 0.1) is 11.9 Å². The summed E-state index contributed by atoms with van der Waals surface area (Å²) in [5.41, 5.74) is 9.26. The Bertz CT molecular complexity index is 349. The van der Waals surface area contributed by atoms with E-state index in [2.05, 4.69) is 33.0 Å². The first kappa shape index (κ1) is 10.4. The highest BCUT2D eigenvalue weighted by atomic mass is 32.1. The van der Waals surface area contributed by atoms with Gasteiger partial charge in [0.1, 0.15) is 5.69 Å². The standard InChI is InChI=1S/C8H11N5S/c1-10-6-3-2-4-11-7(6)5-12-13-8(9)14/h2-5,10H,1H3,(H3,9,13,14)/b12-5-. The fraction of sp³-hybridized carbons (Fsp3) is 0.125. The molecule has 0 aromatic carbocycles. The van der Waals surface area contributed by atoms with Crippen LogP contribution in [0.1, 0.15) is 5.69 Å². The maximum Gasteiger partial charge on any atom is 0.184 e. The Balaban J connectivity index is 2.75. The zero-order valence-corrected chi connectivity index (χ0v) is 8.51. The van der Waals surface area contributed by atoms with Crippen LogP contribution in [0, 0.1) is 0 Å². The van der Waals surface area contributed by atoms with Gasteiger partial charge in [-0.15, -0.1) is 0 Å². The molecule has 0 aliphatic rings. The fourth-order valence-corrected chi connectivity index (χ4v) is 0.942. The van der Waals surface area contributed by atoms with Crippen LogP contribution in [0.5, 0.6) is 0 Å². The summed E-state index contributed by atoms with van der Waals surface area (Å²) in [6.45, 7) is 0. The molecule has 1 aromatic heterocycles. The van der Waals surface area contributed by atoms with Gasteiger partial charge < -0.3 is 11.1 Å². The van der Waals surface area contributed by atoms with Crippen molar-refractivity contribution in [1.82, 2.24) is 10.4 Å². The van der Waals surface area contributed by atoms with Crippen LogP contribution in [-0.4, -0.2) is 23.4 Å². The number of hydrazone groups is 1. The van der Waals surface area contributed by atoms with Gasteiger partial charge in [-0.05, 0) is 24.4 Å². The first-order valence-electron chi connectivity index (χ1n) is 3.95. The van der Waals surface area contributed by atoms with Crippen molar-refractivity contribution in [3.8, 4) is 0 Å². The van der Waals surface area contributed by atoms with Crippen LogP contribution in [0.3, 0.4) is 0 Å². The molecule has 0 saturated heterocycles. The molecule has 0 atom stereocenters. The van der Waals surface area contributed by atoms with Gasteiger partial charge >= 0.3 is 0 Å². The molecule has 6 heteroatoms. The van der Waals surface area contributed by atoms with Gasteiger partial charge in [0.25, 0.3) is 0 Å². The van der Waals surface area contributed by atoms with E-state index in [1.54, 1.807) is 12.4 Å². The van der Waals surface area contributed by atoms with Crippen molar-refractivity contribution in [3.63, 3.8) is 0 Å². The van der Waals surface area contributed by atoms with Gasteiger partial charge in [-0.1, -0.05) is 0 Å². The zero-order chi connectivity index (χ0) is 10.4. The highest BCUT2D eigenvalue weighted by molar-refractivity contribution is 7.80. The molecule has 0 bridgehead atoms. The van der Waals surface area contributed by atoms with E-state index in [1.807, 2.05) is 19.2 Å². The summed E-state index contributed by atoms with van der Waals surface area (Å²) in [4.78, 5) is 4.11. The van der Waals surface area contributed by atoms with E-state index < -0.39 is 0 Å². The topological polar surface area (TPSA) is 75.3 Å². The largest absolute Gasteiger partial charge is 0.386 e. The second-order valence-electron chi connectivity index (χ2n) is 2.42. The Morgan fingerprint density at radius 3 is 3.14 bits per heavy atom. The monoisotopic (exact) mass is 209 g/mol. The molecule has 1 heterocycles. The minimum Gasteiger partial charge on any atom is -0.386 e. The lowest BCUT2D eigenvalue weighted by Crippen LogP contribution is -2.24. The quantitative estimate of drug-likeness (QED) is 0.379. The summed E-state index contributed by atoms with van der Waals surface area (Å²) in [5.74, 6) is 0. The third-order valence-electron chi connectivity index (χ3n) is 1.47. The van der Waals surface area contributed by atoms with Gasteiger partial charge in [-0.3, -0.25) is 10.4 Å². The summed E-state index contributed by atoms with van der Waals surface area (Å²) < 4.78 is 0. The lowest BCUT2D eigenvalue weighted by Gasteiger charge is -2.02. The van der Waals surface area contributed by atoms with Crippen LogP contribution in [0.2, 0.25) is 0 Å². The van der Waals surface area contributed by atoms with E-state index >= 15 is 0 Å². The molecule has 5 nitrogen and oxygen atoms in total. The average molecular weight is 209 g/mol. The summed E-state index contributed by atoms with van der Waals surface area (Å²) >= 11 is 4.59. The van der Waals surface area contributed by atoms with Crippen molar-refractivity contribution in [2.75, 3.05) is 12.4 Å². The van der Waals surface area contributed by atoms with Crippen molar-refractivity contribution in [1.29, 1.82) is 0 Å². The van der Waals surface area contributed by atoms with E-state index in [0.29, 0.717) is 0 Å². The minimum atomic E-state index is 0.128. The number of rotatable bonds is 3. The number of pyridine rings is 1. The minimum absolute atomic E-state index is 0.128. The highest BCUT2D eigenvalue weighted by Crippen LogP contribution is 2.07. The van der Waals surface area contributed by atoms with Gasteiger partial charge in [-0.25, -0.2) is 0 Å². The molecule has 0 aliphatic carbocycles. The molecule has 1 aromatic rings. The molecule has 0 saturated carbocycles. The lowest BCUT2D eigenvalue weighted by atomic mass is 10.3. The van der Waals surface area contributed by atoms with Crippen molar-refractivity contribution < 1.29 is 0 Å². The molecule has 1 rings (SSSR count). The number of hydrogen-bond acceptors (Lipinski definition) is 4. The van der Waals surface area contributed by atoms with Crippen LogP contribution in [0.15, 0.2) is 23.4 Å². The second-order valence-corrected chi connectivity index (χ2v) is 2.86. The molecule has 0 aliphatic heterocycles. The lowest BCUT2D eigenvalue weighted by molar-refractivity contribution is 1.04. The van der Waals surface area contributed by atoms with Crippen LogP contribution in [0.25, 0.3) is 0 Å². The molecule has 0 fully saturated rings. The molecule has 0 unspecified atom stereocenters. The van der Waals surface area contributed by atoms with Crippen LogP contribution >= 0.6 is 12.2 Å². The van der Waals surface area contributed by atoms with Gasteiger partial charge in [0.15, 0.2) is 5.11 Å². The Hall–Kier alpha value is -1.69. The molecule has 74 valence electrons. The second kappa shape index (κ2) is 5.13. The summed E-state index contributed by atoms with van der Waals surface area (Å²) in [5, 5.41) is 6.92. The third kappa shape index (κ3) is 2.98. The number of nitrogens with one attached hydrogen (secondary N) is 2. The molecular weight excluding hydrogens is 198 g/mol. The summed E-state index contributed by atoms with van der Waals surface area (Å²) in [7, 11) is 1.81. The summed E-state index contributed by atoms with van der Waals surface area (Å²) in [6.07, 6.45) is 3.23. The Morgan fingerprint density at radius 2 is 2.50 bits per heavy atom. The normalized spacial score (nSPS) is 10.1. The van der Waals surface area contributed by atoms with Crippen molar-refractivity contribution >= 4 is 29.2 Å². The highest BCUT2D eigenvalue weighted by Gasteiger charge is 1.96. The number of hydrogen-bond donors (Lipinski definition) is 3. The predicted octanol–water partition coefficient (Wildman–Crippen LogP) is 0.290. The SMILES string of the molecule is CNc1cccnc1/C=N\NC(N)=S. The van der Waals surface area contributed by atoms with Gasteiger partial charge in [0, 0.05) is 13.2 Å². The van der Waals surface area contributed by atoms with E-state index in [4.69, 9.17) is 5.73 Å². The Kier molecular flexibility index (Phi) is 3.81. The van der Waals surface area contributed by atoms with Crippen LogP contribution in [-0.2, 0) is 0 Å². The van der Waals surface area contributed by atoms with E-state index in [9.17, 15) is 0 Å². The Morgan fingerprint density at radius 1 is 1.71 bits per heavy atom. The first-order valence-corrected chi connectivity index (χ1v) is 4.36. The van der Waals surface area contributed by atoms with Crippen LogP contribution in [0.4, 0.5) is 5.69 Å². The van der Waals surface area contributed by atoms with Crippen LogP contribution < -0.4 is 16.5 Å².